The van der Waals surface area contributed by atoms with Gasteiger partial charge in [0.2, 0.25) is 5.91 Å². The van der Waals surface area contributed by atoms with Crippen molar-refractivity contribution >= 4 is 54.8 Å². The number of halogens is 2. The summed E-state index contributed by atoms with van der Waals surface area (Å²) in [6.45, 7) is 3.40. The fourth-order valence-corrected chi connectivity index (χ4v) is 5.61. The summed E-state index contributed by atoms with van der Waals surface area (Å²) in [5, 5.41) is 0.373. The van der Waals surface area contributed by atoms with Crippen LogP contribution < -0.4 is 14.4 Å². The molecule has 1 N–H and O–H groups in total. The van der Waals surface area contributed by atoms with Crippen LogP contribution in [0.3, 0.4) is 0 Å². The fourth-order valence-electron chi connectivity index (χ4n) is 3.26. The van der Waals surface area contributed by atoms with Crippen LogP contribution in [0.5, 0.6) is 5.75 Å². The zero-order valence-electron chi connectivity index (χ0n) is 14.9. The molecule has 1 heterocycles. The van der Waals surface area contributed by atoms with Crippen molar-refractivity contribution in [3.05, 3.63) is 45.4 Å². The van der Waals surface area contributed by atoms with Crippen molar-refractivity contribution < 1.29 is 17.9 Å². The molecular weight excluding hydrogens is 456 g/mol. The Hall–Kier alpha value is -1.77. The summed E-state index contributed by atoms with van der Waals surface area (Å²) in [6, 6.07) is 7.90. The lowest BCUT2D eigenvalue weighted by atomic mass is 10.1. The second kappa shape index (κ2) is 7.33. The minimum Gasteiger partial charge on any atom is -0.495 e. The highest BCUT2D eigenvalue weighted by atomic mass is 79.9. The van der Waals surface area contributed by atoms with Crippen LogP contribution in [0.15, 0.2) is 39.7 Å². The zero-order chi connectivity index (χ0) is 19.9. The van der Waals surface area contributed by atoms with Crippen molar-refractivity contribution in [1.82, 2.24) is 0 Å². The van der Waals surface area contributed by atoms with E-state index >= 15 is 0 Å². The number of carbonyl (C=O) groups is 1. The molecule has 0 aliphatic carbocycles. The highest BCUT2D eigenvalue weighted by Gasteiger charge is 2.32. The van der Waals surface area contributed by atoms with Crippen LogP contribution in [-0.4, -0.2) is 27.5 Å². The van der Waals surface area contributed by atoms with Gasteiger partial charge in [0.15, 0.2) is 0 Å². The van der Waals surface area contributed by atoms with Crippen LogP contribution in [0.4, 0.5) is 11.4 Å². The highest BCUT2D eigenvalue weighted by molar-refractivity contribution is 9.10. The number of sulfonamides is 1. The first-order chi connectivity index (χ1) is 12.6. The molecule has 0 saturated heterocycles. The van der Waals surface area contributed by atoms with Crippen LogP contribution in [0.2, 0.25) is 5.02 Å². The molecule has 1 unspecified atom stereocenters. The van der Waals surface area contributed by atoms with Crippen LogP contribution in [0.1, 0.15) is 19.4 Å². The maximum absolute atomic E-state index is 13.0. The molecule has 0 fully saturated rings. The topological polar surface area (TPSA) is 75.7 Å². The van der Waals surface area contributed by atoms with Gasteiger partial charge in [-0.05, 0) is 65.2 Å². The summed E-state index contributed by atoms with van der Waals surface area (Å²) >= 11 is 9.33. The van der Waals surface area contributed by atoms with E-state index in [4.69, 9.17) is 16.3 Å². The van der Waals surface area contributed by atoms with Gasteiger partial charge in [0.05, 0.1) is 12.8 Å². The van der Waals surface area contributed by atoms with Crippen LogP contribution in [0.25, 0.3) is 0 Å². The van der Waals surface area contributed by atoms with Crippen LogP contribution in [0, 0.1) is 0 Å². The zero-order valence-corrected chi connectivity index (χ0v) is 18.1. The summed E-state index contributed by atoms with van der Waals surface area (Å²) in [5.41, 5.74) is 1.76. The number of nitrogens with one attached hydrogen (secondary N) is 1. The first-order valence-corrected chi connectivity index (χ1v) is 10.8. The first kappa shape index (κ1) is 20.0. The Morgan fingerprint density at radius 1 is 1.33 bits per heavy atom. The maximum atomic E-state index is 13.0. The monoisotopic (exact) mass is 472 g/mol. The number of fused-ring (bicyclic) bond motifs is 1. The molecule has 1 amide bonds. The molecule has 1 atom stereocenters. The largest absolute Gasteiger partial charge is 0.495 e. The molecule has 0 bridgehead atoms. The SMILES string of the molecule is COc1ccc(Cl)cc1NS(=O)(=O)c1cc2c(cc1Br)CC(C)N2C(C)=O. The van der Waals surface area contributed by atoms with E-state index in [0.717, 1.165) is 5.56 Å². The van der Waals surface area contributed by atoms with Gasteiger partial charge >= 0.3 is 0 Å². The lowest BCUT2D eigenvalue weighted by Crippen LogP contribution is -2.33. The summed E-state index contributed by atoms with van der Waals surface area (Å²) < 4.78 is 34.2. The second-order valence-electron chi connectivity index (χ2n) is 6.30. The molecule has 0 saturated carbocycles. The van der Waals surface area contributed by atoms with Crippen molar-refractivity contribution in [1.29, 1.82) is 0 Å². The number of ether oxygens (including phenoxy) is 1. The van der Waals surface area contributed by atoms with Gasteiger partial charge in [-0.1, -0.05) is 11.6 Å². The lowest BCUT2D eigenvalue weighted by molar-refractivity contribution is -0.116. The molecule has 9 heteroatoms. The minimum atomic E-state index is -3.96. The van der Waals surface area contributed by atoms with Crippen molar-refractivity contribution in [2.24, 2.45) is 0 Å². The van der Waals surface area contributed by atoms with Gasteiger partial charge in [0.1, 0.15) is 10.6 Å². The predicted molar refractivity (Wildman–Crippen MR) is 109 cm³/mol. The van der Waals surface area contributed by atoms with Gasteiger partial charge in [0, 0.05) is 28.1 Å². The molecule has 2 aromatic carbocycles. The molecule has 6 nitrogen and oxygen atoms in total. The van der Waals surface area contributed by atoms with E-state index in [2.05, 4.69) is 20.7 Å². The van der Waals surface area contributed by atoms with Crippen LogP contribution in [-0.2, 0) is 21.2 Å². The van der Waals surface area contributed by atoms with Gasteiger partial charge in [-0.3, -0.25) is 9.52 Å². The normalized spacial score (nSPS) is 16.2. The van der Waals surface area contributed by atoms with Crippen molar-refractivity contribution in [2.45, 2.75) is 31.2 Å². The quantitative estimate of drug-likeness (QED) is 0.722. The average Bonchev–Trinajstić information content (AvgIpc) is 2.88. The third-order valence-corrected chi connectivity index (χ3v) is 6.94. The molecule has 2 aromatic rings. The Kier molecular flexibility index (Phi) is 5.42. The number of hydrogen-bond donors (Lipinski definition) is 1. The molecule has 1 aliphatic rings. The van der Waals surface area contributed by atoms with Gasteiger partial charge < -0.3 is 9.64 Å². The van der Waals surface area contributed by atoms with Crippen molar-refractivity contribution in [3.8, 4) is 5.75 Å². The second-order valence-corrected chi connectivity index (χ2v) is 9.25. The maximum Gasteiger partial charge on any atom is 0.263 e. The van der Waals surface area contributed by atoms with E-state index in [-0.39, 0.29) is 22.5 Å². The third-order valence-electron chi connectivity index (χ3n) is 4.38. The molecule has 3 rings (SSSR count). The summed E-state index contributed by atoms with van der Waals surface area (Å²) in [5.74, 6) is 0.218. The highest BCUT2D eigenvalue weighted by Crippen LogP contribution is 2.39. The standard InChI is InChI=1S/C18H18BrClN2O4S/c1-10-6-12-7-14(19)18(9-16(12)22(10)11(2)23)27(24,25)21-15-8-13(20)4-5-17(15)26-3/h4-5,7-10,21H,6H2,1-3H3. The number of benzene rings is 2. The number of anilines is 2. The molecule has 0 spiro atoms. The van der Waals surface area contributed by atoms with Crippen molar-refractivity contribution in [3.63, 3.8) is 0 Å². The van der Waals surface area contributed by atoms with E-state index < -0.39 is 10.0 Å². The Morgan fingerprint density at radius 2 is 2.04 bits per heavy atom. The summed E-state index contributed by atoms with van der Waals surface area (Å²) in [4.78, 5) is 13.6. The van der Waals surface area contributed by atoms with E-state index in [1.807, 2.05) is 6.92 Å². The Balaban J connectivity index is 2.06. The Morgan fingerprint density at radius 3 is 2.67 bits per heavy atom. The predicted octanol–water partition coefficient (Wildman–Crippen LogP) is 4.21. The molecule has 144 valence electrons. The number of hydrogen-bond acceptors (Lipinski definition) is 4. The number of amides is 1. The minimum absolute atomic E-state index is 0.0247. The Labute approximate surface area is 171 Å². The molecule has 27 heavy (non-hydrogen) atoms. The van der Waals surface area contributed by atoms with Crippen LogP contribution >= 0.6 is 27.5 Å². The van der Waals surface area contributed by atoms with Crippen molar-refractivity contribution in [2.75, 3.05) is 16.7 Å². The lowest BCUT2D eigenvalue weighted by Gasteiger charge is -2.21. The van der Waals surface area contributed by atoms with E-state index in [1.54, 1.807) is 23.1 Å². The van der Waals surface area contributed by atoms with E-state index in [0.29, 0.717) is 27.4 Å². The first-order valence-electron chi connectivity index (χ1n) is 8.12. The number of rotatable bonds is 4. The summed E-state index contributed by atoms with van der Waals surface area (Å²) in [6.07, 6.45) is 0.670. The van der Waals surface area contributed by atoms with Gasteiger partial charge in [-0.15, -0.1) is 0 Å². The molecule has 0 aromatic heterocycles. The average molecular weight is 474 g/mol. The summed E-state index contributed by atoms with van der Waals surface area (Å²) in [7, 11) is -2.51. The Bertz CT molecular complexity index is 1030. The molecular formula is C18H18BrClN2O4S. The van der Waals surface area contributed by atoms with Gasteiger partial charge in [0.25, 0.3) is 10.0 Å². The number of methoxy groups -OCH3 is 1. The fraction of sp³-hybridized carbons (Fsp3) is 0.278. The third kappa shape index (κ3) is 3.79. The molecule has 0 radical (unpaired) electrons. The number of nitrogens with zero attached hydrogens (tertiary/aromatic N) is 1. The number of carbonyl (C=O) groups excluding carboxylic acids is 1. The smallest absolute Gasteiger partial charge is 0.263 e. The van der Waals surface area contributed by atoms with Gasteiger partial charge in [-0.25, -0.2) is 8.42 Å². The van der Waals surface area contributed by atoms with E-state index in [9.17, 15) is 13.2 Å². The van der Waals surface area contributed by atoms with E-state index in [1.165, 1.54) is 26.2 Å². The van der Waals surface area contributed by atoms with Gasteiger partial charge in [-0.2, -0.15) is 0 Å². The molecule has 1 aliphatic heterocycles.